The first-order valence-electron chi connectivity index (χ1n) is 8.52. The molecular formula is C21H17ClN4O. The maximum atomic E-state index is 12.8. The largest absolute Gasteiger partial charge is 0.338 e. The highest BCUT2D eigenvalue weighted by molar-refractivity contribution is 6.29. The molecule has 27 heavy (non-hydrogen) atoms. The van der Waals surface area contributed by atoms with Crippen molar-refractivity contribution in [3.05, 3.63) is 95.0 Å². The molecule has 1 amide bonds. The minimum absolute atomic E-state index is 0.236. The first kappa shape index (κ1) is 17.2. The van der Waals surface area contributed by atoms with E-state index in [9.17, 15) is 4.79 Å². The van der Waals surface area contributed by atoms with Crippen LogP contribution in [0, 0.1) is 0 Å². The molecule has 6 heteroatoms. The lowest BCUT2D eigenvalue weighted by Gasteiger charge is -2.19. The molecule has 4 rings (SSSR count). The molecule has 2 aromatic heterocycles. The number of benzene rings is 2. The number of fused-ring (bicyclic) bond motifs is 1. The van der Waals surface area contributed by atoms with Crippen LogP contribution in [0.1, 0.15) is 27.8 Å². The summed E-state index contributed by atoms with van der Waals surface area (Å²) in [6.07, 6.45) is 1.52. The predicted molar refractivity (Wildman–Crippen MR) is 106 cm³/mol. The Morgan fingerprint density at radius 2 is 1.81 bits per heavy atom. The molecule has 1 unspecified atom stereocenters. The Bertz CT molecular complexity index is 1110. The number of pyridine rings is 1. The van der Waals surface area contributed by atoms with Crippen molar-refractivity contribution in [1.29, 1.82) is 0 Å². The van der Waals surface area contributed by atoms with Gasteiger partial charge in [-0.1, -0.05) is 54.1 Å². The summed E-state index contributed by atoms with van der Waals surface area (Å²) in [6, 6.07) is 20.5. The third-order valence-corrected chi connectivity index (χ3v) is 4.68. The van der Waals surface area contributed by atoms with Crippen molar-refractivity contribution in [2.24, 2.45) is 7.05 Å². The van der Waals surface area contributed by atoms with E-state index in [-0.39, 0.29) is 11.1 Å². The lowest BCUT2D eigenvalue weighted by atomic mass is 10.1. The van der Waals surface area contributed by atoms with Gasteiger partial charge in [-0.05, 0) is 29.8 Å². The minimum atomic E-state index is -0.400. The molecule has 0 aliphatic carbocycles. The smallest absolute Gasteiger partial charge is 0.252 e. The van der Waals surface area contributed by atoms with Crippen LogP contribution in [0.3, 0.4) is 0 Å². The van der Waals surface area contributed by atoms with Crippen molar-refractivity contribution < 1.29 is 4.79 Å². The van der Waals surface area contributed by atoms with Crippen molar-refractivity contribution in [2.75, 3.05) is 0 Å². The number of hydrogen-bond acceptors (Lipinski definition) is 3. The third kappa shape index (κ3) is 3.41. The van der Waals surface area contributed by atoms with Gasteiger partial charge in [0.2, 0.25) is 0 Å². The van der Waals surface area contributed by atoms with Crippen LogP contribution < -0.4 is 5.32 Å². The Labute approximate surface area is 161 Å². The van der Waals surface area contributed by atoms with Gasteiger partial charge in [0.05, 0.1) is 11.0 Å². The molecule has 0 aliphatic heterocycles. The van der Waals surface area contributed by atoms with Gasteiger partial charge in [-0.3, -0.25) is 4.79 Å². The second-order valence-corrected chi connectivity index (χ2v) is 6.59. The maximum Gasteiger partial charge on any atom is 0.252 e. The van der Waals surface area contributed by atoms with Gasteiger partial charge in [0.15, 0.2) is 0 Å². The quantitative estimate of drug-likeness (QED) is 0.544. The summed E-state index contributed by atoms with van der Waals surface area (Å²) in [6.45, 7) is 0. The molecule has 0 aliphatic rings. The lowest BCUT2D eigenvalue weighted by Crippen LogP contribution is -2.31. The molecule has 0 fully saturated rings. The zero-order valence-electron chi connectivity index (χ0n) is 14.6. The number of imidazole rings is 1. The number of amides is 1. The molecule has 1 atom stereocenters. The highest BCUT2D eigenvalue weighted by Gasteiger charge is 2.23. The first-order valence-corrected chi connectivity index (χ1v) is 8.90. The van der Waals surface area contributed by atoms with E-state index in [1.165, 1.54) is 6.20 Å². The van der Waals surface area contributed by atoms with Crippen LogP contribution in [0.4, 0.5) is 0 Å². The van der Waals surface area contributed by atoms with E-state index >= 15 is 0 Å². The van der Waals surface area contributed by atoms with Gasteiger partial charge in [0.1, 0.15) is 17.0 Å². The minimum Gasteiger partial charge on any atom is -0.338 e. The number of carbonyl (C=O) groups excluding carboxylic acids is 1. The van der Waals surface area contributed by atoms with Crippen LogP contribution in [0.5, 0.6) is 0 Å². The van der Waals surface area contributed by atoms with Crippen LogP contribution in [0.2, 0.25) is 5.15 Å². The molecule has 2 heterocycles. The highest BCUT2D eigenvalue weighted by Crippen LogP contribution is 2.25. The number of rotatable bonds is 4. The molecule has 134 valence electrons. The fourth-order valence-electron chi connectivity index (χ4n) is 3.12. The summed E-state index contributed by atoms with van der Waals surface area (Å²) in [5, 5.41) is 3.37. The van der Waals surface area contributed by atoms with Gasteiger partial charge in [0, 0.05) is 18.8 Å². The Hall–Kier alpha value is -3.18. The van der Waals surface area contributed by atoms with Gasteiger partial charge < -0.3 is 9.88 Å². The first-order chi connectivity index (χ1) is 13.1. The number of hydrogen-bond donors (Lipinski definition) is 1. The maximum absolute atomic E-state index is 12.8. The zero-order valence-corrected chi connectivity index (χ0v) is 15.4. The molecule has 0 bridgehead atoms. The average Bonchev–Trinajstić information content (AvgIpc) is 3.03. The van der Waals surface area contributed by atoms with Crippen LogP contribution in [0.25, 0.3) is 11.0 Å². The second kappa shape index (κ2) is 7.21. The summed E-state index contributed by atoms with van der Waals surface area (Å²) in [5.41, 5.74) is 3.30. The van der Waals surface area contributed by atoms with E-state index in [4.69, 9.17) is 16.6 Å². The van der Waals surface area contributed by atoms with Crippen molar-refractivity contribution in [3.8, 4) is 0 Å². The van der Waals surface area contributed by atoms with E-state index < -0.39 is 6.04 Å². The van der Waals surface area contributed by atoms with Crippen LogP contribution in [-0.2, 0) is 7.05 Å². The Morgan fingerprint density at radius 1 is 1.07 bits per heavy atom. The van der Waals surface area contributed by atoms with E-state index in [0.29, 0.717) is 5.56 Å². The van der Waals surface area contributed by atoms with Crippen LogP contribution >= 0.6 is 11.6 Å². The summed E-state index contributed by atoms with van der Waals surface area (Å²) < 4.78 is 2.01. The molecule has 0 radical (unpaired) electrons. The molecular weight excluding hydrogens is 360 g/mol. The monoisotopic (exact) mass is 376 g/mol. The molecule has 4 aromatic rings. The van der Waals surface area contributed by atoms with E-state index in [0.717, 1.165) is 22.4 Å². The summed E-state index contributed by atoms with van der Waals surface area (Å²) >= 11 is 5.93. The summed E-state index contributed by atoms with van der Waals surface area (Å²) in [7, 11) is 1.95. The van der Waals surface area contributed by atoms with Gasteiger partial charge in [0.25, 0.3) is 5.91 Å². The molecule has 0 saturated carbocycles. The van der Waals surface area contributed by atoms with Crippen molar-refractivity contribution in [1.82, 2.24) is 19.9 Å². The van der Waals surface area contributed by atoms with E-state index in [1.807, 2.05) is 66.2 Å². The van der Waals surface area contributed by atoms with Crippen molar-refractivity contribution >= 4 is 28.5 Å². The van der Waals surface area contributed by atoms with Gasteiger partial charge in [-0.2, -0.15) is 0 Å². The Morgan fingerprint density at radius 3 is 2.56 bits per heavy atom. The van der Waals surface area contributed by atoms with E-state index in [1.54, 1.807) is 12.1 Å². The van der Waals surface area contributed by atoms with Crippen LogP contribution in [-0.4, -0.2) is 20.4 Å². The predicted octanol–water partition coefficient (Wildman–Crippen LogP) is 4.14. The van der Waals surface area contributed by atoms with Crippen molar-refractivity contribution in [2.45, 2.75) is 6.04 Å². The van der Waals surface area contributed by atoms with Gasteiger partial charge in [-0.15, -0.1) is 0 Å². The average molecular weight is 377 g/mol. The number of nitrogens with zero attached hydrogens (tertiary/aromatic N) is 3. The number of halogens is 1. The molecule has 1 N–H and O–H groups in total. The summed E-state index contributed by atoms with van der Waals surface area (Å²) in [4.78, 5) is 21.5. The number of carbonyl (C=O) groups is 1. The fraction of sp³-hybridized carbons (Fsp3) is 0.0952. The number of aryl methyl sites for hydroxylation is 1. The number of aromatic nitrogens is 3. The van der Waals surface area contributed by atoms with Gasteiger partial charge >= 0.3 is 0 Å². The number of nitrogens with one attached hydrogen (secondary N) is 1. The topological polar surface area (TPSA) is 59.8 Å². The lowest BCUT2D eigenvalue weighted by molar-refractivity contribution is 0.0941. The Kier molecular flexibility index (Phi) is 4.60. The second-order valence-electron chi connectivity index (χ2n) is 6.20. The Balaban J connectivity index is 1.78. The van der Waals surface area contributed by atoms with Crippen LogP contribution in [0.15, 0.2) is 72.9 Å². The standard InChI is InChI=1S/C21H17ClN4O/c1-26-17-10-6-5-9-16(17)24-20(26)19(14-7-3-2-4-8-14)25-21(27)15-11-12-23-18(22)13-15/h2-13,19H,1H3,(H,25,27). The number of para-hydroxylation sites is 2. The van der Waals surface area contributed by atoms with Crippen molar-refractivity contribution in [3.63, 3.8) is 0 Å². The third-order valence-electron chi connectivity index (χ3n) is 4.48. The SMILES string of the molecule is Cn1c(C(NC(=O)c2ccnc(Cl)c2)c2ccccc2)nc2ccccc21. The van der Waals surface area contributed by atoms with E-state index in [2.05, 4.69) is 10.3 Å². The fourth-order valence-corrected chi connectivity index (χ4v) is 3.30. The summed E-state index contributed by atoms with van der Waals surface area (Å²) in [5.74, 6) is 0.524. The highest BCUT2D eigenvalue weighted by atomic mass is 35.5. The molecule has 0 saturated heterocycles. The molecule has 2 aromatic carbocycles. The molecule has 5 nitrogen and oxygen atoms in total. The normalized spacial score (nSPS) is 12.1. The molecule has 0 spiro atoms. The van der Waals surface area contributed by atoms with Gasteiger partial charge in [-0.25, -0.2) is 9.97 Å². The zero-order chi connectivity index (χ0) is 18.8.